The smallest absolute Gasteiger partial charge is 0.303 e. The van der Waals surface area contributed by atoms with Crippen molar-refractivity contribution in [2.75, 3.05) is 106 Å². The number of ether oxygens (including phenoxy) is 10. The number of nitrogens with zero attached hydrogens (tertiary/aromatic N) is 6. The summed E-state index contributed by atoms with van der Waals surface area (Å²) in [6.45, 7) is 14.5. The Kier molecular flexibility index (Phi) is 40.5. The summed E-state index contributed by atoms with van der Waals surface area (Å²) in [7, 11) is -21.3. The fraction of sp³-hybridized carbons (Fsp3) is 0.419. The van der Waals surface area contributed by atoms with Gasteiger partial charge in [-0.15, -0.1) is 0 Å². The minimum absolute atomic E-state index is 0.176. The van der Waals surface area contributed by atoms with Crippen LogP contribution in [0.5, 0.6) is 23.0 Å². The zero-order valence-corrected chi connectivity index (χ0v) is 54.8. The Balaban J connectivity index is 0.00000149. The molecule has 96 heavy (non-hydrogen) atoms. The first-order valence-corrected chi connectivity index (χ1v) is 32.9. The number of aliphatic carboxylic acids is 2. The van der Waals surface area contributed by atoms with Gasteiger partial charge < -0.3 is 57.6 Å². The van der Waals surface area contributed by atoms with Crippen LogP contribution in [0.1, 0.15) is 53.4 Å². The number of hydrogen-bond acceptors (Lipinski definition) is 16. The number of carboxylic acid groups (broad SMARTS) is 2. The van der Waals surface area contributed by atoms with Crippen molar-refractivity contribution in [3.8, 4) is 58.4 Å². The number of aryl methyl sites for hydroxylation is 2. The van der Waals surface area contributed by atoms with E-state index >= 15 is 0 Å². The third kappa shape index (κ3) is 52.9. The molecular weight excluding hydrogens is 1340 g/mol. The molecule has 0 fully saturated rings. The molecule has 1 aliphatic rings. The maximum absolute atomic E-state index is 10.7. The molecule has 0 unspecified atom stereocenters. The van der Waals surface area contributed by atoms with Gasteiger partial charge in [0.15, 0.2) is 24.8 Å². The molecule has 0 atom stereocenters. The van der Waals surface area contributed by atoms with Crippen LogP contribution in [0, 0.1) is 45.3 Å². The van der Waals surface area contributed by atoms with E-state index in [4.69, 9.17) is 78.6 Å². The van der Waals surface area contributed by atoms with Crippen molar-refractivity contribution in [1.82, 2.24) is 0 Å². The fourth-order valence-corrected chi connectivity index (χ4v) is 7.36. The zero-order chi connectivity index (χ0) is 72.5. The van der Waals surface area contributed by atoms with E-state index in [1.54, 1.807) is 24.3 Å². The molecule has 7 rings (SSSR count). The van der Waals surface area contributed by atoms with E-state index in [1.807, 2.05) is 131 Å². The van der Waals surface area contributed by atoms with Crippen molar-refractivity contribution in [2.45, 2.75) is 66.5 Å². The zero-order valence-electron chi connectivity index (χ0n) is 53.0. The van der Waals surface area contributed by atoms with Crippen molar-refractivity contribution in [3.05, 3.63) is 122 Å². The normalized spacial score (nSPS) is 15.0. The molecule has 0 spiro atoms. The van der Waals surface area contributed by atoms with E-state index in [1.165, 1.54) is 27.7 Å². The first-order valence-electron chi connectivity index (χ1n) is 28.8. The summed E-state index contributed by atoms with van der Waals surface area (Å²) in [5.41, 5.74) is 2.17. The number of halogens is 12. The molecule has 0 saturated heterocycles. The van der Waals surface area contributed by atoms with Crippen LogP contribution in [-0.4, -0.2) is 128 Å². The molecule has 8 bridgehead atoms. The van der Waals surface area contributed by atoms with Gasteiger partial charge in [-0.25, -0.2) is 9.13 Å². The number of hydrogen-bond donors (Lipinski definition) is 2. The second kappa shape index (κ2) is 44.3. The number of carboxylic acids is 2. The molecule has 0 amide bonds. The molecule has 0 aliphatic carbocycles. The Morgan fingerprint density at radius 2 is 0.542 bits per heavy atom. The van der Waals surface area contributed by atoms with Crippen molar-refractivity contribution < 1.29 is 127 Å². The number of nitriles is 4. The van der Waals surface area contributed by atoms with Crippen molar-refractivity contribution in [3.63, 3.8) is 0 Å². The molecular formula is C62H78F12N6O14P2. The van der Waals surface area contributed by atoms with Crippen LogP contribution in [0.2, 0.25) is 0 Å². The van der Waals surface area contributed by atoms with Crippen LogP contribution in [-0.2, 0) is 51.1 Å². The average molecular weight is 1420 g/mol. The molecule has 4 aromatic carbocycles. The van der Waals surface area contributed by atoms with Crippen LogP contribution >= 0.6 is 15.6 Å². The van der Waals surface area contributed by atoms with E-state index in [2.05, 4.69) is 0 Å². The van der Waals surface area contributed by atoms with Crippen molar-refractivity contribution in [1.29, 1.82) is 21.0 Å². The minimum Gasteiger partial charge on any atom is -0.491 e. The van der Waals surface area contributed by atoms with Gasteiger partial charge in [-0.2, -0.15) is 21.0 Å². The molecule has 6 aromatic rings. The van der Waals surface area contributed by atoms with Gasteiger partial charge in [0.2, 0.25) is 0 Å². The van der Waals surface area contributed by atoms with E-state index in [0.717, 1.165) is 55.7 Å². The van der Waals surface area contributed by atoms with Crippen molar-refractivity contribution >= 4 is 49.1 Å². The molecule has 34 heteroatoms. The summed E-state index contributed by atoms with van der Waals surface area (Å²) in [4.78, 5) is 21.0. The second-order valence-corrected chi connectivity index (χ2v) is 22.6. The van der Waals surface area contributed by atoms with E-state index in [0.29, 0.717) is 132 Å². The first kappa shape index (κ1) is 87.6. The topological polar surface area (TPSA) is 270 Å². The number of rotatable bonds is 9. The van der Waals surface area contributed by atoms with Gasteiger partial charge in [0.25, 0.3) is 0 Å². The third-order valence-electron chi connectivity index (χ3n) is 10.8. The molecule has 2 aromatic heterocycles. The molecule has 0 saturated carbocycles. The molecule has 0 radical (unpaired) electrons. The summed E-state index contributed by atoms with van der Waals surface area (Å²) in [6, 6.07) is 38.8. The summed E-state index contributed by atoms with van der Waals surface area (Å²) >= 11 is 0. The van der Waals surface area contributed by atoms with Crippen molar-refractivity contribution in [2.24, 2.45) is 0 Å². The summed E-state index contributed by atoms with van der Waals surface area (Å²) < 4.78 is 180. The SMILES string of the molecule is CC#N.CC#N.CC#N.CC#N.F[P-](F)(F)(F)(F)F.F[P-](F)(F)(F)(F)F.O=C(O)CCC[n+]1ccc(-c2cc[n+](CCCC(=O)O)cc2)cc1.c1cc2c3cccc(c3c1)OCCOCCOCCOCCOc1cccc3c(cccc13)OCCOCCOCCOCCO2. The van der Waals surface area contributed by atoms with Gasteiger partial charge in [0.05, 0.1) is 116 Å². The maximum atomic E-state index is 10.5. The third-order valence-corrected chi connectivity index (χ3v) is 10.8. The first-order chi connectivity index (χ1) is 45.0. The number of benzene rings is 4. The predicted octanol–water partition coefficient (Wildman–Crippen LogP) is 15.9. The Morgan fingerprint density at radius 3 is 0.719 bits per heavy atom. The minimum atomic E-state index is -10.7. The van der Waals surface area contributed by atoms with Crippen LogP contribution in [0.4, 0.5) is 50.4 Å². The molecule has 534 valence electrons. The Labute approximate surface area is 547 Å². The molecule has 2 N–H and O–H groups in total. The second-order valence-electron chi connectivity index (χ2n) is 18.7. The van der Waals surface area contributed by atoms with Crippen LogP contribution in [0.15, 0.2) is 122 Å². The van der Waals surface area contributed by atoms with E-state index in [9.17, 15) is 60.0 Å². The molecule has 20 nitrogen and oxygen atoms in total. The maximum Gasteiger partial charge on any atom is 0.303 e. The van der Waals surface area contributed by atoms with Gasteiger partial charge >= 0.3 is 77.9 Å². The standard InChI is InChI=1S/C36H44O10.C18H20N2O4.4C2H3N.2F6P/c1-5-29-30-6-2-10-34(29)44-26-22-40-18-14-38-16-20-42-24-28-46-36-12-4-7-31-32(36)8-3-11-35(31)45-27-23-41-19-15-37-13-17-39-21-25-43-33(30)9-1;21-17(22)3-1-9-19-11-5-15(6-12-19)16-7-13-20(14-8-16)10-2-4-18(23)24;4*1-2-3;2*1-7(2,3,4,5)6/h1-12H,13-28H2;5-8,11-14H,1-4,9-10H2;4*1H3;;/q;;;;;;2*-1/p+2. The summed E-state index contributed by atoms with van der Waals surface area (Å²) in [5, 5.41) is 50.5. The fourth-order valence-electron chi connectivity index (χ4n) is 7.36. The molecule has 3 heterocycles. The Morgan fingerprint density at radius 1 is 0.365 bits per heavy atom. The van der Waals surface area contributed by atoms with E-state index in [-0.39, 0.29) is 12.8 Å². The van der Waals surface area contributed by atoms with E-state index < -0.39 is 27.6 Å². The van der Waals surface area contributed by atoms with Crippen LogP contribution in [0.25, 0.3) is 32.7 Å². The predicted molar refractivity (Wildman–Crippen MR) is 333 cm³/mol. The van der Waals surface area contributed by atoms with Gasteiger partial charge in [0.1, 0.15) is 62.5 Å². The number of pyridine rings is 2. The van der Waals surface area contributed by atoms with Crippen LogP contribution < -0.4 is 28.1 Å². The largest absolute Gasteiger partial charge is 0.491 e. The summed E-state index contributed by atoms with van der Waals surface area (Å²) in [5.74, 6) is 1.61. The van der Waals surface area contributed by atoms with Gasteiger partial charge in [0, 0.05) is 86.3 Å². The van der Waals surface area contributed by atoms with Gasteiger partial charge in [-0.1, -0.05) is 48.5 Å². The van der Waals surface area contributed by atoms with Gasteiger partial charge in [-0.3, -0.25) is 9.59 Å². The quantitative estimate of drug-likeness (QED) is 0.0773. The Hall–Kier alpha value is -8.42. The summed E-state index contributed by atoms with van der Waals surface area (Å²) in [6.07, 6.45) is 9.37. The monoisotopic (exact) mass is 1420 g/mol. The Bertz CT molecular complexity index is 3010. The average Bonchev–Trinajstić information content (AvgIpc) is 0.751. The molecule has 1 aliphatic heterocycles. The van der Waals surface area contributed by atoms with Gasteiger partial charge in [-0.05, 0) is 35.4 Å². The number of aromatic nitrogens is 2. The number of carbonyl (C=O) groups is 2. The van der Waals surface area contributed by atoms with Crippen LogP contribution in [0.3, 0.4) is 0 Å².